The molecule has 5 nitrogen and oxygen atoms in total. The van der Waals surface area contributed by atoms with Crippen molar-refractivity contribution in [2.75, 3.05) is 7.11 Å². The average Bonchev–Trinajstić information content (AvgIpc) is 2.72. The first-order valence-electron chi connectivity index (χ1n) is 5.90. The highest BCUT2D eigenvalue weighted by atomic mass is 19.1. The van der Waals surface area contributed by atoms with Crippen LogP contribution in [-0.2, 0) is 9.53 Å². The zero-order valence-electron chi connectivity index (χ0n) is 11.3. The lowest BCUT2D eigenvalue weighted by molar-refractivity contribution is -0.135. The molecule has 0 radical (unpaired) electrons. The van der Waals surface area contributed by atoms with Gasteiger partial charge in [-0.25, -0.2) is 13.9 Å². The maximum atomic E-state index is 13.3. The van der Waals surface area contributed by atoms with Crippen molar-refractivity contribution < 1.29 is 18.7 Å². The van der Waals surface area contributed by atoms with Crippen molar-refractivity contribution in [3.63, 3.8) is 0 Å². The highest BCUT2D eigenvalue weighted by Gasteiger charge is 2.25. The van der Waals surface area contributed by atoms with Crippen LogP contribution in [0.5, 0.6) is 0 Å². The Morgan fingerprint density at radius 2 is 2.00 bits per heavy atom. The zero-order chi connectivity index (χ0) is 14.9. The van der Waals surface area contributed by atoms with Gasteiger partial charge < -0.3 is 4.74 Å². The minimum atomic E-state index is -0.949. The predicted molar refractivity (Wildman–Crippen MR) is 69.3 cm³/mol. The molecule has 2 aromatic rings. The molecule has 0 saturated heterocycles. The van der Waals surface area contributed by atoms with Crippen LogP contribution in [0.15, 0.2) is 24.3 Å². The summed E-state index contributed by atoms with van der Waals surface area (Å²) in [6, 6.07) is 5.82. The smallest absolute Gasteiger partial charge is 0.379 e. The average molecular weight is 276 g/mol. The molecule has 0 bridgehead atoms. The Bertz CT molecular complexity index is 692. The number of aryl methyl sites for hydroxylation is 1. The number of carbonyl (C=O) groups excluding carboxylic acids is 2. The Labute approximate surface area is 115 Å². The molecule has 0 unspecified atom stereocenters. The van der Waals surface area contributed by atoms with E-state index in [-0.39, 0.29) is 5.56 Å². The quantitative estimate of drug-likeness (QED) is 0.488. The van der Waals surface area contributed by atoms with E-state index in [1.165, 1.54) is 16.8 Å². The number of hydrogen-bond acceptors (Lipinski definition) is 4. The number of hydrogen-bond donors (Lipinski definition) is 0. The third-order valence-corrected chi connectivity index (χ3v) is 2.94. The van der Waals surface area contributed by atoms with E-state index < -0.39 is 17.6 Å². The van der Waals surface area contributed by atoms with E-state index in [9.17, 15) is 14.0 Å². The molecule has 0 spiro atoms. The second-order valence-corrected chi connectivity index (χ2v) is 4.26. The molecule has 20 heavy (non-hydrogen) atoms. The zero-order valence-corrected chi connectivity index (χ0v) is 11.3. The largest absolute Gasteiger partial charge is 0.463 e. The third-order valence-electron chi connectivity index (χ3n) is 2.94. The standard InChI is InChI=1S/C14H13FN2O3/c1-8-12(13(18)14(19)20-3)9(2)17(16-8)11-6-4-5-10(15)7-11/h4-7H,1-3H3. The second-order valence-electron chi connectivity index (χ2n) is 4.26. The summed E-state index contributed by atoms with van der Waals surface area (Å²) >= 11 is 0. The molecule has 0 N–H and O–H groups in total. The number of rotatable bonds is 3. The second kappa shape index (κ2) is 5.24. The Morgan fingerprint density at radius 1 is 1.30 bits per heavy atom. The maximum absolute atomic E-state index is 13.3. The fraction of sp³-hybridized carbons (Fsp3) is 0.214. The Hall–Kier alpha value is -2.50. The summed E-state index contributed by atoms with van der Waals surface area (Å²) in [5.74, 6) is -2.11. The first-order chi connectivity index (χ1) is 9.45. The van der Waals surface area contributed by atoms with Crippen LogP contribution in [0, 0.1) is 19.7 Å². The molecule has 0 saturated carbocycles. The first kappa shape index (κ1) is 13.9. The van der Waals surface area contributed by atoms with Crippen LogP contribution < -0.4 is 0 Å². The molecule has 0 amide bonds. The topological polar surface area (TPSA) is 61.2 Å². The van der Waals surface area contributed by atoms with E-state index in [4.69, 9.17) is 0 Å². The van der Waals surface area contributed by atoms with Crippen LogP contribution in [0.2, 0.25) is 0 Å². The number of nitrogens with zero attached hydrogens (tertiary/aromatic N) is 2. The van der Waals surface area contributed by atoms with Gasteiger partial charge in [0.15, 0.2) is 0 Å². The van der Waals surface area contributed by atoms with Crippen molar-refractivity contribution in [2.45, 2.75) is 13.8 Å². The van der Waals surface area contributed by atoms with Crippen molar-refractivity contribution >= 4 is 11.8 Å². The normalized spacial score (nSPS) is 10.4. The summed E-state index contributed by atoms with van der Waals surface area (Å²) in [4.78, 5) is 23.3. The molecule has 104 valence electrons. The van der Waals surface area contributed by atoms with Gasteiger partial charge in [0.25, 0.3) is 5.78 Å². The number of methoxy groups -OCH3 is 1. The minimum Gasteiger partial charge on any atom is -0.463 e. The van der Waals surface area contributed by atoms with E-state index >= 15 is 0 Å². The van der Waals surface area contributed by atoms with Gasteiger partial charge in [-0.15, -0.1) is 0 Å². The van der Waals surface area contributed by atoms with Gasteiger partial charge in [-0.1, -0.05) is 6.07 Å². The molecule has 2 rings (SSSR count). The van der Waals surface area contributed by atoms with Gasteiger partial charge in [0, 0.05) is 0 Å². The number of halogens is 1. The van der Waals surface area contributed by atoms with Crippen molar-refractivity contribution in [1.82, 2.24) is 9.78 Å². The summed E-state index contributed by atoms with van der Waals surface area (Å²) in [6.07, 6.45) is 0. The van der Waals surface area contributed by atoms with E-state index in [1.54, 1.807) is 26.0 Å². The van der Waals surface area contributed by atoms with Crippen LogP contribution in [-0.4, -0.2) is 28.6 Å². The van der Waals surface area contributed by atoms with Crippen molar-refractivity contribution in [3.8, 4) is 5.69 Å². The summed E-state index contributed by atoms with van der Waals surface area (Å²) in [7, 11) is 1.14. The molecule has 0 aliphatic heterocycles. The number of aromatic nitrogens is 2. The molecule has 1 heterocycles. The summed E-state index contributed by atoms with van der Waals surface area (Å²) in [6.45, 7) is 3.25. The van der Waals surface area contributed by atoms with Gasteiger partial charge in [0.05, 0.1) is 29.7 Å². The summed E-state index contributed by atoms with van der Waals surface area (Å²) in [5, 5.41) is 4.18. The van der Waals surface area contributed by atoms with Crippen LogP contribution in [0.1, 0.15) is 21.7 Å². The van der Waals surface area contributed by atoms with Crippen molar-refractivity contribution in [2.24, 2.45) is 0 Å². The van der Waals surface area contributed by atoms with Crippen molar-refractivity contribution in [3.05, 3.63) is 47.0 Å². The van der Waals surface area contributed by atoms with Gasteiger partial charge in [0.1, 0.15) is 5.82 Å². The number of ether oxygens (including phenoxy) is 1. The molecular formula is C14H13FN2O3. The Kier molecular flexibility index (Phi) is 3.65. The minimum absolute atomic E-state index is 0.182. The molecule has 0 aliphatic carbocycles. The van der Waals surface area contributed by atoms with Crippen LogP contribution in [0.3, 0.4) is 0 Å². The number of ketones is 1. The maximum Gasteiger partial charge on any atom is 0.379 e. The highest BCUT2D eigenvalue weighted by molar-refractivity contribution is 6.41. The molecule has 6 heteroatoms. The summed E-state index contributed by atoms with van der Waals surface area (Å²) < 4.78 is 19.1. The lowest BCUT2D eigenvalue weighted by Gasteiger charge is -2.04. The molecule has 1 aromatic carbocycles. The fourth-order valence-corrected chi connectivity index (χ4v) is 2.03. The monoisotopic (exact) mass is 276 g/mol. The first-order valence-corrected chi connectivity index (χ1v) is 5.90. The van der Waals surface area contributed by atoms with Crippen molar-refractivity contribution in [1.29, 1.82) is 0 Å². The third kappa shape index (κ3) is 2.32. The van der Waals surface area contributed by atoms with Gasteiger partial charge in [-0.3, -0.25) is 4.79 Å². The number of esters is 1. The Balaban J connectivity index is 2.54. The Morgan fingerprint density at radius 3 is 2.60 bits per heavy atom. The highest BCUT2D eigenvalue weighted by Crippen LogP contribution is 2.19. The SMILES string of the molecule is COC(=O)C(=O)c1c(C)nn(-c2cccc(F)c2)c1C. The number of carbonyl (C=O) groups is 2. The van der Waals surface area contributed by atoms with Gasteiger partial charge in [0.2, 0.25) is 0 Å². The van der Waals surface area contributed by atoms with Crippen LogP contribution in [0.25, 0.3) is 5.69 Å². The predicted octanol–water partition coefficient (Wildman–Crippen LogP) is 1.98. The van der Waals surface area contributed by atoms with Crippen LogP contribution in [0.4, 0.5) is 4.39 Å². The molecule has 1 aromatic heterocycles. The van der Waals surface area contributed by atoms with Gasteiger partial charge in [-0.2, -0.15) is 5.10 Å². The van der Waals surface area contributed by atoms with Gasteiger partial charge >= 0.3 is 5.97 Å². The van der Waals surface area contributed by atoms with Gasteiger partial charge in [-0.05, 0) is 32.0 Å². The molecular weight excluding hydrogens is 263 g/mol. The van der Waals surface area contributed by atoms with E-state index in [2.05, 4.69) is 9.84 Å². The molecule has 0 aliphatic rings. The molecule has 0 fully saturated rings. The van der Waals surface area contributed by atoms with Crippen LogP contribution >= 0.6 is 0 Å². The fourth-order valence-electron chi connectivity index (χ4n) is 2.03. The van der Waals surface area contributed by atoms with E-state index in [0.717, 1.165) is 7.11 Å². The number of Topliss-reactive ketones (excluding diaryl/α,β-unsaturated/α-hetero) is 1. The summed E-state index contributed by atoms with van der Waals surface area (Å²) in [5.41, 5.74) is 1.52. The van der Waals surface area contributed by atoms with E-state index in [1.807, 2.05) is 0 Å². The number of benzene rings is 1. The van der Waals surface area contributed by atoms with E-state index in [0.29, 0.717) is 17.1 Å². The lowest BCUT2D eigenvalue weighted by atomic mass is 10.1. The lowest BCUT2D eigenvalue weighted by Crippen LogP contribution is -2.17. The molecule has 0 atom stereocenters.